The van der Waals surface area contributed by atoms with Crippen LogP contribution in [0.5, 0.6) is 0 Å². The smallest absolute Gasteiger partial charge is 0.214 e. The van der Waals surface area contributed by atoms with Crippen molar-refractivity contribution in [3.63, 3.8) is 0 Å². The molecule has 0 atom stereocenters. The van der Waals surface area contributed by atoms with E-state index < -0.39 is 0 Å². The number of aliphatic hydroxyl groups excluding tert-OH is 1. The Kier molecular flexibility index (Phi) is 13.6. The zero-order valence-corrected chi connectivity index (χ0v) is 42.0. The minimum absolute atomic E-state index is 0.0891. The first kappa shape index (κ1) is 46.2. The van der Waals surface area contributed by atoms with E-state index in [0.717, 1.165) is 76.3 Å². The van der Waals surface area contributed by atoms with Crippen molar-refractivity contribution in [2.45, 2.75) is 118 Å². The molecule has 0 saturated carbocycles. The quantitative estimate of drug-likeness (QED) is 0.0471. The van der Waals surface area contributed by atoms with Crippen molar-refractivity contribution in [2.75, 3.05) is 11.4 Å². The van der Waals surface area contributed by atoms with Gasteiger partial charge in [-0.05, 0) is 105 Å². The number of aliphatic hydroxyl groups is 1. The van der Waals surface area contributed by atoms with E-state index in [1.165, 1.54) is 112 Å². The largest absolute Gasteiger partial charge is 0.506 e. The first-order chi connectivity index (χ1) is 33.8. The van der Waals surface area contributed by atoms with E-state index in [-0.39, 0.29) is 11.5 Å². The summed E-state index contributed by atoms with van der Waals surface area (Å²) in [5.41, 5.74) is 12.0. The summed E-state index contributed by atoms with van der Waals surface area (Å²) < 4.78 is 4.84. The van der Waals surface area contributed by atoms with Crippen LogP contribution in [0.15, 0.2) is 150 Å². The molecule has 6 aromatic carbocycles. The fourth-order valence-corrected chi connectivity index (χ4v) is 12.1. The summed E-state index contributed by atoms with van der Waals surface area (Å²) in [6.07, 6.45) is 16.4. The molecule has 0 unspecified atom stereocenters. The summed E-state index contributed by atoms with van der Waals surface area (Å²) >= 11 is 1.81. The van der Waals surface area contributed by atoms with Gasteiger partial charge < -0.3 is 14.6 Å². The molecule has 0 amide bonds. The molecule has 1 N–H and O–H groups in total. The number of hydrogen-bond donors (Lipinski definition) is 1. The average Bonchev–Trinajstić information content (AvgIpc) is 4.06. The SMILES string of the molecule is CCCCCCCCn1/c(=C(\C)C2=C(O)/C(=C\C3=[N+](CCCCCCCC)c4ccc(-c5ccc(N(c6ccc(C)cc6)c6ccc(C)cc6)s5)c5cccc3c45)C2=O)c2cccc3cccc1c32. The van der Waals surface area contributed by atoms with Gasteiger partial charge in [0.25, 0.3) is 0 Å². The fourth-order valence-electron chi connectivity index (χ4n) is 11.0. The number of nitrogens with zero attached hydrogens (tertiary/aromatic N) is 3. The van der Waals surface area contributed by atoms with Crippen LogP contribution < -0.4 is 10.2 Å². The Morgan fingerprint density at radius 2 is 1.28 bits per heavy atom. The van der Waals surface area contributed by atoms with Gasteiger partial charge in [-0.15, -0.1) is 11.3 Å². The molecule has 10 rings (SSSR count). The molecule has 2 aromatic heterocycles. The lowest BCUT2D eigenvalue weighted by Crippen LogP contribution is -2.29. The number of unbranched alkanes of at least 4 members (excludes halogenated alkanes) is 10. The van der Waals surface area contributed by atoms with Crippen molar-refractivity contribution in [1.82, 2.24) is 4.57 Å². The van der Waals surface area contributed by atoms with Gasteiger partial charge in [0.05, 0.1) is 27.4 Å². The highest BCUT2D eigenvalue weighted by Gasteiger charge is 2.39. The van der Waals surface area contributed by atoms with Crippen LogP contribution >= 0.6 is 11.3 Å². The Morgan fingerprint density at radius 1 is 0.652 bits per heavy atom. The molecule has 1 aliphatic heterocycles. The van der Waals surface area contributed by atoms with Gasteiger partial charge in [0, 0.05) is 63.2 Å². The van der Waals surface area contributed by atoms with Gasteiger partial charge in [-0.1, -0.05) is 149 Å². The van der Waals surface area contributed by atoms with Gasteiger partial charge >= 0.3 is 0 Å². The Labute approximate surface area is 412 Å². The van der Waals surface area contributed by atoms with Crippen molar-refractivity contribution in [3.05, 3.63) is 172 Å². The van der Waals surface area contributed by atoms with Crippen LogP contribution in [0.4, 0.5) is 22.1 Å². The summed E-state index contributed by atoms with van der Waals surface area (Å²) in [4.78, 5) is 18.2. The van der Waals surface area contributed by atoms with Gasteiger partial charge in [-0.2, -0.15) is 4.58 Å². The normalized spacial score (nSPS) is 14.6. The number of thiophene rings is 1. The van der Waals surface area contributed by atoms with Crippen molar-refractivity contribution in [2.24, 2.45) is 0 Å². The van der Waals surface area contributed by atoms with E-state index >= 15 is 0 Å². The number of benzene rings is 6. The topological polar surface area (TPSA) is 48.5 Å². The van der Waals surface area contributed by atoms with E-state index in [9.17, 15) is 9.90 Å². The highest BCUT2D eigenvalue weighted by molar-refractivity contribution is 7.19. The molecule has 0 fully saturated rings. The Morgan fingerprint density at radius 3 is 1.96 bits per heavy atom. The molecule has 0 saturated heterocycles. The summed E-state index contributed by atoms with van der Waals surface area (Å²) in [5.74, 6) is 0.00936. The standard InChI is InChI=1S/C63H65N3O2S/c1-6-8-10-12-14-16-39-64-54-36-35-48(56-37-38-57(69-56)66(46-31-27-42(3)28-32-46)47-33-29-43(4)30-34-47)49-23-20-24-50(60(49)54)55(64)41-52-62(67)58(63(52)68)44(5)61-51-25-18-21-45-22-19-26-53(59(45)51)65(61)40-17-15-13-11-9-7-2/h18-38,41H,6-17,39-40H2,1-5H3/p+1. The minimum atomic E-state index is -0.0891. The molecule has 6 heteroatoms. The Balaban J connectivity index is 1.04. The van der Waals surface area contributed by atoms with Gasteiger partial charge in [-0.25, -0.2) is 0 Å². The predicted molar refractivity (Wildman–Crippen MR) is 294 cm³/mol. The summed E-state index contributed by atoms with van der Waals surface area (Å²) in [5, 5.41) is 20.3. The van der Waals surface area contributed by atoms with E-state index in [0.29, 0.717) is 11.1 Å². The lowest BCUT2D eigenvalue weighted by atomic mass is 9.82. The second-order valence-electron chi connectivity index (χ2n) is 19.5. The molecule has 1 aliphatic carbocycles. The number of hydrogen-bond acceptors (Lipinski definition) is 4. The van der Waals surface area contributed by atoms with E-state index in [2.05, 4.69) is 169 Å². The van der Waals surface area contributed by atoms with Gasteiger partial charge in [0.15, 0.2) is 0 Å². The first-order valence-electron chi connectivity index (χ1n) is 25.7. The summed E-state index contributed by atoms with van der Waals surface area (Å²) in [7, 11) is 0. The number of anilines is 3. The van der Waals surface area contributed by atoms with E-state index in [1.807, 2.05) is 13.0 Å². The molecule has 5 nitrogen and oxygen atoms in total. The number of ketones is 1. The number of carbonyl (C=O) groups is 1. The molecule has 350 valence electrons. The molecule has 0 radical (unpaired) electrons. The van der Waals surface area contributed by atoms with Gasteiger partial charge in [0.1, 0.15) is 17.3 Å². The van der Waals surface area contributed by atoms with Crippen LogP contribution in [0, 0.1) is 13.8 Å². The molecule has 69 heavy (non-hydrogen) atoms. The van der Waals surface area contributed by atoms with Crippen LogP contribution in [0.1, 0.15) is 115 Å². The zero-order valence-electron chi connectivity index (χ0n) is 41.2. The number of aromatic nitrogens is 1. The Bertz CT molecular complexity index is 3310. The average molecular weight is 929 g/mol. The third-order valence-electron chi connectivity index (χ3n) is 14.7. The number of aryl methyl sites for hydroxylation is 3. The van der Waals surface area contributed by atoms with Crippen LogP contribution in [0.3, 0.4) is 0 Å². The lowest BCUT2D eigenvalue weighted by Gasteiger charge is -2.24. The molecule has 8 aromatic rings. The number of allylic oxidation sites excluding steroid dienone is 3. The van der Waals surface area contributed by atoms with E-state index in [4.69, 9.17) is 0 Å². The molecule has 3 heterocycles. The van der Waals surface area contributed by atoms with Gasteiger partial charge in [0.2, 0.25) is 17.2 Å². The number of rotatable bonds is 20. The van der Waals surface area contributed by atoms with Crippen molar-refractivity contribution >= 4 is 82.9 Å². The zero-order chi connectivity index (χ0) is 47.6. The summed E-state index contributed by atoms with van der Waals surface area (Å²) in [6.45, 7) is 12.5. The molecule has 2 aliphatic rings. The second-order valence-corrected chi connectivity index (χ2v) is 20.6. The summed E-state index contributed by atoms with van der Waals surface area (Å²) in [6, 6.07) is 46.3. The highest BCUT2D eigenvalue weighted by Crippen LogP contribution is 2.47. The maximum atomic E-state index is 14.7. The Hall–Kier alpha value is -6.50. The maximum absolute atomic E-state index is 14.7. The maximum Gasteiger partial charge on any atom is 0.214 e. The molecule has 0 bridgehead atoms. The van der Waals surface area contributed by atoms with Crippen molar-refractivity contribution in [1.29, 1.82) is 0 Å². The fraction of sp³-hybridized carbons (Fsp3) is 0.302. The van der Waals surface area contributed by atoms with Crippen molar-refractivity contribution < 1.29 is 14.5 Å². The van der Waals surface area contributed by atoms with Crippen LogP contribution in [0.2, 0.25) is 0 Å². The van der Waals surface area contributed by atoms with Crippen molar-refractivity contribution in [3.8, 4) is 10.4 Å². The first-order valence-corrected chi connectivity index (χ1v) is 26.5. The number of carbonyl (C=O) groups excluding carboxylic acids is 1. The second kappa shape index (κ2) is 20.2. The molecule has 0 spiro atoms. The minimum Gasteiger partial charge on any atom is -0.506 e. The number of Topliss-reactive ketones (excluding diaryl/α,β-unsaturated/α-hetero) is 1. The highest BCUT2D eigenvalue weighted by atomic mass is 32.1. The van der Waals surface area contributed by atoms with Crippen LogP contribution in [-0.2, 0) is 11.3 Å². The van der Waals surface area contributed by atoms with Gasteiger partial charge in [-0.3, -0.25) is 4.79 Å². The van der Waals surface area contributed by atoms with Crippen LogP contribution in [-0.4, -0.2) is 32.3 Å². The van der Waals surface area contributed by atoms with E-state index in [1.54, 1.807) is 11.3 Å². The monoisotopic (exact) mass is 928 g/mol. The molecular formula is C63H66N3O2S+. The lowest BCUT2D eigenvalue weighted by molar-refractivity contribution is -0.436. The predicted octanol–water partition coefficient (Wildman–Crippen LogP) is 16.8. The van der Waals surface area contributed by atoms with Crippen LogP contribution in [0.25, 0.3) is 48.5 Å². The third-order valence-corrected chi connectivity index (χ3v) is 15.8. The molecular weight excluding hydrogens is 863 g/mol. The third kappa shape index (κ3) is 8.78.